The fraction of sp³-hybridized carbons (Fsp3) is 0.500. The Balaban J connectivity index is 2.79. The zero-order valence-electron chi connectivity index (χ0n) is 14.4. The van der Waals surface area contributed by atoms with Gasteiger partial charge in [-0.15, -0.1) is 0 Å². The van der Waals surface area contributed by atoms with Crippen LogP contribution in [0.1, 0.15) is 32.4 Å². The third kappa shape index (κ3) is 5.24. The smallest absolute Gasteiger partial charge is 0.227 e. The zero-order chi connectivity index (χ0) is 18.5. The highest BCUT2D eigenvalue weighted by Gasteiger charge is 2.27. The standard InChI is InChI=1S/C16H23Cl2FN4O/c1-9(10-6-13(19)12(18)7-11(10)17)23-15(21-5)22-8-16(2,3)14(24)20-4/h6-7,9H,8H2,1-5H3,(H,20,24)(H2,21,22,23). The predicted molar refractivity (Wildman–Crippen MR) is 97.2 cm³/mol. The van der Waals surface area contributed by atoms with Crippen LogP contribution in [0, 0.1) is 11.2 Å². The van der Waals surface area contributed by atoms with Crippen molar-refractivity contribution in [3.05, 3.63) is 33.6 Å². The molecular weight excluding hydrogens is 354 g/mol. The van der Waals surface area contributed by atoms with Gasteiger partial charge >= 0.3 is 0 Å². The summed E-state index contributed by atoms with van der Waals surface area (Å²) < 4.78 is 13.7. The van der Waals surface area contributed by atoms with Crippen molar-refractivity contribution in [2.24, 2.45) is 10.4 Å². The normalized spacial score (nSPS) is 13.4. The van der Waals surface area contributed by atoms with Gasteiger partial charge in [0.2, 0.25) is 5.91 Å². The van der Waals surface area contributed by atoms with Crippen LogP contribution in [0.25, 0.3) is 0 Å². The predicted octanol–water partition coefficient (Wildman–Crippen LogP) is 3.13. The quantitative estimate of drug-likeness (QED) is 0.420. The molecule has 0 aliphatic rings. The van der Waals surface area contributed by atoms with Gasteiger partial charge in [0.1, 0.15) is 5.82 Å². The Morgan fingerprint density at radius 2 is 1.96 bits per heavy atom. The summed E-state index contributed by atoms with van der Waals surface area (Å²) >= 11 is 11.8. The number of halogens is 3. The van der Waals surface area contributed by atoms with Crippen LogP contribution in [0.4, 0.5) is 4.39 Å². The monoisotopic (exact) mass is 376 g/mol. The maximum absolute atomic E-state index is 13.7. The van der Waals surface area contributed by atoms with Gasteiger partial charge in [-0.25, -0.2) is 4.39 Å². The second-order valence-corrected chi connectivity index (χ2v) is 6.86. The molecule has 5 nitrogen and oxygen atoms in total. The van der Waals surface area contributed by atoms with E-state index in [2.05, 4.69) is 20.9 Å². The molecule has 1 rings (SSSR count). The van der Waals surface area contributed by atoms with Crippen LogP contribution in [0.15, 0.2) is 17.1 Å². The molecule has 24 heavy (non-hydrogen) atoms. The number of carbonyl (C=O) groups is 1. The minimum atomic E-state index is -0.611. The Labute approximate surface area is 152 Å². The van der Waals surface area contributed by atoms with Gasteiger partial charge in [-0.05, 0) is 38.5 Å². The van der Waals surface area contributed by atoms with Crippen molar-refractivity contribution in [1.29, 1.82) is 0 Å². The maximum Gasteiger partial charge on any atom is 0.227 e. The molecule has 1 atom stereocenters. The van der Waals surface area contributed by atoms with Gasteiger partial charge in [0.05, 0.1) is 16.5 Å². The largest absolute Gasteiger partial charge is 0.359 e. The number of guanidine groups is 1. The van der Waals surface area contributed by atoms with Crippen molar-refractivity contribution in [3.8, 4) is 0 Å². The second-order valence-electron chi connectivity index (χ2n) is 6.04. The van der Waals surface area contributed by atoms with Crippen LogP contribution >= 0.6 is 23.2 Å². The molecule has 0 aliphatic heterocycles. The van der Waals surface area contributed by atoms with Gasteiger partial charge in [0.25, 0.3) is 0 Å². The van der Waals surface area contributed by atoms with E-state index in [1.54, 1.807) is 14.1 Å². The van der Waals surface area contributed by atoms with E-state index in [4.69, 9.17) is 23.2 Å². The van der Waals surface area contributed by atoms with E-state index in [0.29, 0.717) is 23.1 Å². The van der Waals surface area contributed by atoms with Gasteiger partial charge in [-0.1, -0.05) is 23.2 Å². The SMILES string of the molecule is CN=C(NCC(C)(C)C(=O)NC)NC(C)c1cc(F)c(Cl)cc1Cl. The summed E-state index contributed by atoms with van der Waals surface area (Å²) in [5.41, 5.74) is -0.0494. The molecule has 0 spiro atoms. The summed E-state index contributed by atoms with van der Waals surface area (Å²) in [5, 5.41) is 9.16. The molecule has 0 heterocycles. The van der Waals surface area contributed by atoms with E-state index in [0.717, 1.165) is 0 Å². The van der Waals surface area contributed by atoms with Gasteiger partial charge in [-0.2, -0.15) is 0 Å². The number of aliphatic imine (C=N–C) groups is 1. The van der Waals surface area contributed by atoms with Crippen molar-refractivity contribution in [2.45, 2.75) is 26.8 Å². The minimum Gasteiger partial charge on any atom is -0.359 e. The molecule has 8 heteroatoms. The topological polar surface area (TPSA) is 65.5 Å². The van der Waals surface area contributed by atoms with Gasteiger partial charge in [-0.3, -0.25) is 9.79 Å². The van der Waals surface area contributed by atoms with Crippen LogP contribution in [-0.2, 0) is 4.79 Å². The summed E-state index contributed by atoms with van der Waals surface area (Å²) in [7, 11) is 3.20. The van der Waals surface area contributed by atoms with E-state index >= 15 is 0 Å². The molecule has 0 aliphatic carbocycles. The number of rotatable bonds is 5. The molecule has 3 N–H and O–H groups in total. The average Bonchev–Trinajstić information content (AvgIpc) is 2.53. The number of nitrogens with one attached hydrogen (secondary N) is 3. The summed E-state index contributed by atoms with van der Waals surface area (Å²) in [6, 6.07) is 2.36. The summed E-state index contributed by atoms with van der Waals surface area (Å²) in [6.45, 7) is 5.84. The Bertz CT molecular complexity index is 635. The highest BCUT2D eigenvalue weighted by atomic mass is 35.5. The van der Waals surface area contributed by atoms with Crippen molar-refractivity contribution < 1.29 is 9.18 Å². The second kappa shape index (κ2) is 8.53. The maximum atomic E-state index is 13.7. The summed E-state index contributed by atoms with van der Waals surface area (Å²) in [5.74, 6) is -0.138. The van der Waals surface area contributed by atoms with E-state index in [9.17, 15) is 9.18 Å². The molecule has 0 radical (unpaired) electrons. The molecule has 0 aromatic heterocycles. The third-order valence-electron chi connectivity index (χ3n) is 3.62. The van der Waals surface area contributed by atoms with E-state index < -0.39 is 11.2 Å². The molecule has 1 aromatic carbocycles. The molecule has 0 bridgehead atoms. The van der Waals surface area contributed by atoms with Crippen LogP contribution in [0.3, 0.4) is 0 Å². The summed E-state index contributed by atoms with van der Waals surface area (Å²) in [4.78, 5) is 15.9. The number of hydrogen-bond donors (Lipinski definition) is 3. The Kier molecular flexibility index (Phi) is 7.29. The number of carbonyl (C=O) groups excluding carboxylic acids is 1. The number of benzene rings is 1. The Hall–Kier alpha value is -1.53. The molecule has 1 aromatic rings. The first-order valence-corrected chi connectivity index (χ1v) is 8.21. The lowest BCUT2D eigenvalue weighted by molar-refractivity contribution is -0.128. The fourth-order valence-electron chi connectivity index (χ4n) is 2.07. The number of amides is 1. The lowest BCUT2D eigenvalue weighted by Crippen LogP contribution is -2.47. The minimum absolute atomic E-state index is 0.0224. The van der Waals surface area contributed by atoms with Crippen molar-refractivity contribution in [3.63, 3.8) is 0 Å². The van der Waals surface area contributed by atoms with Crippen LogP contribution in [0.2, 0.25) is 10.0 Å². The highest BCUT2D eigenvalue weighted by molar-refractivity contribution is 6.35. The first-order valence-electron chi connectivity index (χ1n) is 7.46. The first kappa shape index (κ1) is 20.5. The van der Waals surface area contributed by atoms with Crippen molar-refractivity contribution in [1.82, 2.24) is 16.0 Å². The van der Waals surface area contributed by atoms with Gasteiger partial charge < -0.3 is 16.0 Å². The average molecular weight is 377 g/mol. The lowest BCUT2D eigenvalue weighted by atomic mass is 9.92. The molecule has 1 amide bonds. The van der Waals surface area contributed by atoms with E-state index in [-0.39, 0.29) is 17.0 Å². The highest BCUT2D eigenvalue weighted by Crippen LogP contribution is 2.28. The first-order chi connectivity index (χ1) is 11.1. The zero-order valence-corrected chi connectivity index (χ0v) is 15.9. The van der Waals surface area contributed by atoms with Crippen molar-refractivity contribution >= 4 is 35.1 Å². The number of hydrogen-bond acceptors (Lipinski definition) is 2. The van der Waals surface area contributed by atoms with Gasteiger partial charge in [0, 0.05) is 25.7 Å². The van der Waals surface area contributed by atoms with Gasteiger partial charge in [0.15, 0.2) is 5.96 Å². The summed E-state index contributed by atoms with van der Waals surface area (Å²) in [6.07, 6.45) is 0. The third-order valence-corrected chi connectivity index (χ3v) is 4.24. The molecule has 0 saturated carbocycles. The molecule has 134 valence electrons. The van der Waals surface area contributed by atoms with E-state index in [1.165, 1.54) is 12.1 Å². The van der Waals surface area contributed by atoms with Crippen LogP contribution in [0.5, 0.6) is 0 Å². The lowest BCUT2D eigenvalue weighted by Gasteiger charge is -2.25. The molecule has 0 fully saturated rings. The molecular formula is C16H23Cl2FN4O. The van der Waals surface area contributed by atoms with Crippen molar-refractivity contribution in [2.75, 3.05) is 20.6 Å². The Morgan fingerprint density at radius 3 is 2.50 bits per heavy atom. The molecule has 0 saturated heterocycles. The number of nitrogens with zero attached hydrogens (tertiary/aromatic N) is 1. The Morgan fingerprint density at radius 1 is 1.33 bits per heavy atom. The molecule has 1 unspecified atom stereocenters. The van der Waals surface area contributed by atoms with Crippen LogP contribution in [-0.4, -0.2) is 32.5 Å². The van der Waals surface area contributed by atoms with Crippen LogP contribution < -0.4 is 16.0 Å². The fourth-order valence-corrected chi connectivity index (χ4v) is 2.62. The van der Waals surface area contributed by atoms with E-state index in [1.807, 2.05) is 20.8 Å².